The molecule has 0 bridgehead atoms. The zero-order chi connectivity index (χ0) is 13.9. The minimum absolute atomic E-state index is 0.241. The van der Waals surface area contributed by atoms with Crippen molar-refractivity contribution in [2.45, 2.75) is 12.3 Å². The van der Waals surface area contributed by atoms with E-state index in [1.807, 2.05) is 4.90 Å². The molecule has 1 N–H and O–H groups in total. The molecule has 1 fully saturated rings. The van der Waals surface area contributed by atoms with E-state index in [4.69, 9.17) is 0 Å². The van der Waals surface area contributed by atoms with Crippen LogP contribution >= 0.6 is 0 Å². The Bertz CT molecular complexity index is 480. The van der Waals surface area contributed by atoms with Crippen LogP contribution in [0.4, 0.5) is 0 Å². The average Bonchev–Trinajstić information content (AvgIpc) is 2.44. The Balaban J connectivity index is 1.39. The first-order chi connectivity index (χ1) is 9.74. The number of nitrogens with one attached hydrogen (secondary N) is 1. The molecule has 1 atom stereocenters. The Morgan fingerprint density at radius 1 is 1.25 bits per heavy atom. The minimum Gasteiger partial charge on any atom is -0.339 e. The van der Waals surface area contributed by atoms with E-state index < -0.39 is 0 Å². The van der Waals surface area contributed by atoms with Gasteiger partial charge >= 0.3 is 0 Å². The van der Waals surface area contributed by atoms with Crippen molar-refractivity contribution >= 4 is 5.91 Å². The average molecular weight is 273 g/mol. The number of nitrogens with zero attached hydrogens (tertiary/aromatic N) is 2. The maximum Gasteiger partial charge on any atom is 0.236 e. The first kappa shape index (κ1) is 13.6. The molecule has 3 rings (SSSR count). The van der Waals surface area contributed by atoms with Crippen molar-refractivity contribution in [1.29, 1.82) is 0 Å². The van der Waals surface area contributed by atoms with Gasteiger partial charge in [0.05, 0.1) is 6.54 Å². The molecule has 20 heavy (non-hydrogen) atoms. The molecule has 108 valence electrons. The van der Waals surface area contributed by atoms with Crippen LogP contribution in [0, 0.1) is 0 Å². The highest BCUT2D eigenvalue weighted by atomic mass is 16.2. The van der Waals surface area contributed by atoms with Gasteiger partial charge in [0, 0.05) is 38.6 Å². The lowest BCUT2D eigenvalue weighted by molar-refractivity contribution is -0.131. The van der Waals surface area contributed by atoms with E-state index in [9.17, 15) is 4.79 Å². The summed E-state index contributed by atoms with van der Waals surface area (Å²) in [5, 5.41) is 3.33. The summed E-state index contributed by atoms with van der Waals surface area (Å²) in [6.45, 7) is 5.09. The highest BCUT2D eigenvalue weighted by Crippen LogP contribution is 2.33. The van der Waals surface area contributed by atoms with Crippen molar-refractivity contribution in [3.05, 3.63) is 35.4 Å². The number of hydrogen-bond donors (Lipinski definition) is 1. The Labute approximate surface area is 120 Å². The standard InChI is InChI=1S/C16H23N3O/c1-18-6-8-19(9-7-18)16(20)12-17-11-14-10-13-4-2-3-5-15(13)14/h2-5,14,17H,6-12H2,1H3. The van der Waals surface area contributed by atoms with Crippen LogP contribution in [0.5, 0.6) is 0 Å². The summed E-state index contributed by atoms with van der Waals surface area (Å²) in [4.78, 5) is 16.3. The lowest BCUT2D eigenvalue weighted by atomic mass is 9.77. The Hall–Kier alpha value is -1.39. The first-order valence-corrected chi connectivity index (χ1v) is 7.49. The van der Waals surface area contributed by atoms with Gasteiger partial charge in [-0.3, -0.25) is 4.79 Å². The molecule has 0 radical (unpaired) electrons. The summed E-state index contributed by atoms with van der Waals surface area (Å²) >= 11 is 0. The fourth-order valence-corrected chi connectivity index (χ4v) is 3.07. The van der Waals surface area contributed by atoms with Crippen molar-refractivity contribution < 1.29 is 4.79 Å². The van der Waals surface area contributed by atoms with E-state index in [-0.39, 0.29) is 5.91 Å². The van der Waals surface area contributed by atoms with Crippen LogP contribution in [-0.4, -0.2) is 62.0 Å². The molecule has 4 heteroatoms. The lowest BCUT2D eigenvalue weighted by Crippen LogP contribution is -2.49. The monoisotopic (exact) mass is 273 g/mol. The van der Waals surface area contributed by atoms with Crippen LogP contribution in [0.15, 0.2) is 24.3 Å². The zero-order valence-electron chi connectivity index (χ0n) is 12.1. The van der Waals surface area contributed by atoms with E-state index >= 15 is 0 Å². The summed E-state index contributed by atoms with van der Waals surface area (Å²) in [5.74, 6) is 0.831. The van der Waals surface area contributed by atoms with Crippen LogP contribution in [0.3, 0.4) is 0 Å². The molecule has 1 saturated heterocycles. The highest BCUT2D eigenvalue weighted by Gasteiger charge is 2.25. The molecule has 1 aliphatic carbocycles. The predicted octanol–water partition coefficient (Wildman–Crippen LogP) is 0.690. The maximum absolute atomic E-state index is 12.1. The van der Waals surface area contributed by atoms with Crippen molar-refractivity contribution in [2.24, 2.45) is 0 Å². The summed E-state index contributed by atoms with van der Waals surface area (Å²) in [5.41, 5.74) is 2.91. The second-order valence-corrected chi connectivity index (χ2v) is 5.91. The third kappa shape index (κ3) is 2.86. The number of benzene rings is 1. The number of carbonyl (C=O) groups is 1. The number of rotatable bonds is 4. The number of carbonyl (C=O) groups excluding carboxylic acids is 1. The molecule has 0 aromatic heterocycles. The van der Waals surface area contributed by atoms with Crippen molar-refractivity contribution in [3.8, 4) is 0 Å². The topological polar surface area (TPSA) is 35.6 Å². The summed E-state index contributed by atoms with van der Waals surface area (Å²) in [7, 11) is 2.11. The van der Waals surface area contributed by atoms with Crippen molar-refractivity contribution in [3.63, 3.8) is 0 Å². The van der Waals surface area contributed by atoms with Gasteiger partial charge in [0.25, 0.3) is 0 Å². The van der Waals surface area contributed by atoms with Crippen LogP contribution in [0.25, 0.3) is 0 Å². The van der Waals surface area contributed by atoms with Crippen molar-refractivity contribution in [2.75, 3.05) is 46.3 Å². The zero-order valence-corrected chi connectivity index (χ0v) is 12.1. The smallest absolute Gasteiger partial charge is 0.236 e. The van der Waals surface area contributed by atoms with Gasteiger partial charge < -0.3 is 15.1 Å². The molecule has 1 aliphatic heterocycles. The number of piperazine rings is 1. The van der Waals surface area contributed by atoms with Crippen molar-refractivity contribution in [1.82, 2.24) is 15.1 Å². The lowest BCUT2D eigenvalue weighted by Gasteiger charge is -2.33. The van der Waals surface area contributed by atoms with Gasteiger partial charge in [-0.05, 0) is 24.6 Å². The molecule has 1 heterocycles. The van der Waals surface area contributed by atoms with E-state index in [0.717, 1.165) is 39.1 Å². The van der Waals surface area contributed by atoms with Gasteiger partial charge in [0.2, 0.25) is 5.91 Å². The van der Waals surface area contributed by atoms with Gasteiger partial charge in [0.15, 0.2) is 0 Å². The first-order valence-electron chi connectivity index (χ1n) is 7.49. The molecule has 4 nitrogen and oxygen atoms in total. The number of hydrogen-bond acceptors (Lipinski definition) is 3. The Morgan fingerprint density at radius 3 is 2.75 bits per heavy atom. The summed E-state index contributed by atoms with van der Waals surface area (Å²) in [6.07, 6.45) is 1.14. The molecule has 1 aromatic rings. The molecule has 0 spiro atoms. The van der Waals surface area contributed by atoms with Crippen LogP contribution < -0.4 is 5.32 Å². The number of amides is 1. The van der Waals surface area contributed by atoms with Gasteiger partial charge in [-0.1, -0.05) is 24.3 Å². The second kappa shape index (κ2) is 5.94. The van der Waals surface area contributed by atoms with Gasteiger partial charge in [-0.25, -0.2) is 0 Å². The summed E-state index contributed by atoms with van der Waals surface area (Å²) < 4.78 is 0. The molecule has 1 amide bonds. The number of likely N-dealkylation sites (N-methyl/N-ethyl adjacent to an activating group) is 1. The number of fused-ring (bicyclic) bond motifs is 1. The Kier molecular flexibility index (Phi) is 4.03. The SMILES string of the molecule is CN1CCN(C(=O)CNCC2Cc3ccccc32)CC1. The quantitative estimate of drug-likeness (QED) is 0.877. The fourth-order valence-electron chi connectivity index (χ4n) is 3.07. The van der Waals surface area contributed by atoms with Gasteiger partial charge in [-0.2, -0.15) is 0 Å². The van der Waals surface area contributed by atoms with Gasteiger partial charge in [-0.15, -0.1) is 0 Å². The van der Waals surface area contributed by atoms with Gasteiger partial charge in [0.1, 0.15) is 0 Å². The predicted molar refractivity (Wildman–Crippen MR) is 79.8 cm³/mol. The largest absolute Gasteiger partial charge is 0.339 e. The summed E-state index contributed by atoms with van der Waals surface area (Å²) in [6, 6.07) is 8.59. The van der Waals surface area contributed by atoms with E-state index in [0.29, 0.717) is 12.5 Å². The second-order valence-electron chi connectivity index (χ2n) is 5.91. The molecule has 1 unspecified atom stereocenters. The van der Waals surface area contributed by atoms with Crippen LogP contribution in [0.2, 0.25) is 0 Å². The molecule has 1 aromatic carbocycles. The molecule has 0 saturated carbocycles. The fraction of sp³-hybridized carbons (Fsp3) is 0.562. The normalized spacial score (nSPS) is 22.2. The van der Waals surface area contributed by atoms with Crippen LogP contribution in [0.1, 0.15) is 17.0 Å². The van der Waals surface area contributed by atoms with E-state index in [1.165, 1.54) is 11.1 Å². The maximum atomic E-state index is 12.1. The third-order valence-electron chi connectivity index (χ3n) is 4.48. The van der Waals surface area contributed by atoms with E-state index in [2.05, 4.69) is 41.5 Å². The molecular weight excluding hydrogens is 250 g/mol. The molecular formula is C16H23N3O. The van der Waals surface area contributed by atoms with E-state index in [1.54, 1.807) is 0 Å². The Morgan fingerprint density at radius 2 is 2.00 bits per heavy atom. The molecule has 2 aliphatic rings. The third-order valence-corrected chi connectivity index (χ3v) is 4.48. The minimum atomic E-state index is 0.241. The van der Waals surface area contributed by atoms with Crippen LogP contribution in [-0.2, 0) is 11.2 Å². The highest BCUT2D eigenvalue weighted by molar-refractivity contribution is 5.78.